The predicted molar refractivity (Wildman–Crippen MR) is 164 cm³/mol. The van der Waals surface area contributed by atoms with Crippen LogP contribution in [0.3, 0.4) is 0 Å². The van der Waals surface area contributed by atoms with E-state index in [-0.39, 0.29) is 144 Å². The van der Waals surface area contributed by atoms with Crippen LogP contribution in [-0.2, 0) is 20.2 Å². The molecule has 2 aromatic heterocycles. The fourth-order valence-corrected chi connectivity index (χ4v) is 5.15. The van der Waals surface area contributed by atoms with E-state index in [0.29, 0.717) is 0 Å². The zero-order chi connectivity index (χ0) is 33.5. The summed E-state index contributed by atoms with van der Waals surface area (Å²) < 4.78 is 72.8. The third-order valence-electron chi connectivity index (χ3n) is 5.62. The van der Waals surface area contributed by atoms with Gasteiger partial charge in [-0.1, -0.05) is 24.3 Å². The number of rotatable bonds is 14. The number of aliphatic hydroxyl groups excluding tert-OH is 2. The van der Waals surface area contributed by atoms with Gasteiger partial charge in [0.05, 0.1) is 23.0 Å². The number of nitrogens with one attached hydrogen (secondary N) is 4. The zero-order valence-corrected chi connectivity index (χ0v) is 31.1. The Labute approximate surface area is 318 Å². The van der Waals surface area contributed by atoms with Crippen molar-refractivity contribution in [2.75, 3.05) is 59.0 Å². The van der Waals surface area contributed by atoms with Gasteiger partial charge >= 0.3 is 59.1 Å². The van der Waals surface area contributed by atoms with Crippen LogP contribution in [0.4, 0.5) is 47.1 Å². The first-order chi connectivity index (χ1) is 21.7. The maximum Gasteiger partial charge on any atom is 1.00 e. The van der Waals surface area contributed by atoms with Crippen molar-refractivity contribution in [1.29, 1.82) is 0 Å². The van der Waals surface area contributed by atoms with Gasteiger partial charge in [0.15, 0.2) is 0 Å². The largest absolute Gasteiger partial charge is 1.00 e. The Balaban J connectivity index is 0.00000400. The monoisotopic (exact) mass is 720 g/mol. The normalized spacial score (nSPS) is 11.3. The Morgan fingerprint density at radius 2 is 0.979 bits per heavy atom. The summed E-state index contributed by atoms with van der Waals surface area (Å²) >= 11 is 0. The molecule has 0 atom stereocenters. The number of hydrogen-bond acceptors (Lipinski definition) is 20. The zero-order valence-electron chi connectivity index (χ0n) is 25.4. The summed E-state index contributed by atoms with van der Waals surface area (Å²) in [7, 11) is -10.1. The molecule has 0 bridgehead atoms. The summed E-state index contributed by atoms with van der Waals surface area (Å²) in [5, 5.41) is 28.8. The van der Waals surface area contributed by atoms with Crippen LogP contribution >= 0.6 is 0 Å². The van der Waals surface area contributed by atoms with E-state index >= 15 is 0 Å². The maximum absolute atomic E-state index is 12.1. The SMILES string of the molecule is Nc1nc(NCCO)nc(Nc2ccc(/C=C/c3ccc(Nc4nc(N)nc(NCCO)n4)cc3S(=O)(=O)[O-])c(S(=O)(=O)[O-])c2)n1.[Na+].[Na+]. The van der Waals surface area contributed by atoms with Crippen molar-refractivity contribution in [3.8, 4) is 0 Å². The van der Waals surface area contributed by atoms with Gasteiger partial charge in [-0.3, -0.25) is 0 Å². The summed E-state index contributed by atoms with van der Waals surface area (Å²) in [6, 6.07) is 7.30. The summed E-state index contributed by atoms with van der Waals surface area (Å²) in [4.78, 5) is 22.2. The number of aromatic nitrogens is 6. The molecule has 48 heavy (non-hydrogen) atoms. The van der Waals surface area contributed by atoms with Gasteiger partial charge in [-0.25, -0.2) is 16.8 Å². The first-order valence-corrected chi connectivity index (χ1v) is 15.7. The molecule has 0 fully saturated rings. The third kappa shape index (κ3) is 11.7. The molecule has 244 valence electrons. The summed E-state index contributed by atoms with van der Waals surface area (Å²) in [5.41, 5.74) is 11.3. The Morgan fingerprint density at radius 1 is 0.625 bits per heavy atom. The molecule has 4 aromatic rings. The van der Waals surface area contributed by atoms with E-state index in [1.54, 1.807) is 0 Å². The minimum Gasteiger partial charge on any atom is -0.744 e. The Hall–Kier alpha value is -3.26. The van der Waals surface area contributed by atoms with Gasteiger partial charge in [-0.05, 0) is 35.4 Å². The summed E-state index contributed by atoms with van der Waals surface area (Å²) in [6.45, 7) is -0.177. The number of nitrogen functional groups attached to an aromatic ring is 2. The quantitative estimate of drug-likeness (QED) is 0.0341. The molecule has 0 aliphatic rings. The van der Waals surface area contributed by atoms with Gasteiger partial charge in [-0.15, -0.1) is 0 Å². The van der Waals surface area contributed by atoms with E-state index in [4.69, 9.17) is 21.7 Å². The molecule has 0 amide bonds. The molecule has 0 aliphatic carbocycles. The molecule has 20 nitrogen and oxygen atoms in total. The second-order valence-electron chi connectivity index (χ2n) is 8.98. The van der Waals surface area contributed by atoms with Crippen LogP contribution in [0.15, 0.2) is 46.2 Å². The third-order valence-corrected chi connectivity index (χ3v) is 7.40. The van der Waals surface area contributed by atoms with Crippen molar-refractivity contribution in [2.45, 2.75) is 9.79 Å². The standard InChI is InChI=1S/C24H28N12O8S2.2Na/c25-19-31-21(27-7-9-37)35-23(33-19)29-15-5-3-13(17(11-15)45(39,40)41)1-2-14-4-6-16(12-18(14)46(42,43)44)30-24-34-20(26)32-22(36-24)28-8-10-38;;/h1-6,11-12,37-38H,7-10H2,(H,39,40,41)(H,42,43,44)(H4,25,27,29,31,33,35)(H4,26,28,30,32,34,36);;/q;2*+1/p-2/b2-1+;;. The number of aliphatic hydroxyl groups is 2. The fourth-order valence-electron chi connectivity index (χ4n) is 3.76. The second-order valence-corrected chi connectivity index (χ2v) is 11.7. The van der Waals surface area contributed by atoms with Crippen LogP contribution in [-0.4, -0.2) is 92.4 Å². The summed E-state index contributed by atoms with van der Waals surface area (Å²) in [5.74, 6) is -0.497. The van der Waals surface area contributed by atoms with Crippen LogP contribution in [0, 0.1) is 0 Å². The number of nitrogens with zero attached hydrogens (tertiary/aromatic N) is 6. The molecular formula is C24H26N12Na2O8S2. The Kier molecular flexibility index (Phi) is 15.3. The topological polar surface area (TPSA) is 332 Å². The number of benzene rings is 2. The molecule has 2 aromatic carbocycles. The molecule has 2 heterocycles. The molecule has 10 N–H and O–H groups in total. The van der Waals surface area contributed by atoms with E-state index in [0.717, 1.165) is 24.3 Å². The van der Waals surface area contributed by atoms with Crippen molar-refractivity contribution in [3.63, 3.8) is 0 Å². The van der Waals surface area contributed by atoms with E-state index in [9.17, 15) is 25.9 Å². The number of hydrogen-bond donors (Lipinski definition) is 8. The average molecular weight is 721 g/mol. The fraction of sp³-hybridized carbons (Fsp3) is 0.167. The smallest absolute Gasteiger partial charge is 0.744 e. The van der Waals surface area contributed by atoms with Crippen LogP contribution in [0.2, 0.25) is 0 Å². The number of anilines is 8. The minimum atomic E-state index is -5.07. The minimum absolute atomic E-state index is 0. The van der Waals surface area contributed by atoms with Crippen LogP contribution in [0.25, 0.3) is 12.2 Å². The van der Waals surface area contributed by atoms with Gasteiger partial charge in [-0.2, -0.15) is 29.9 Å². The average Bonchev–Trinajstić information content (AvgIpc) is 2.97. The summed E-state index contributed by atoms with van der Waals surface area (Å²) in [6.07, 6.45) is 2.30. The van der Waals surface area contributed by atoms with E-state index < -0.39 is 30.0 Å². The maximum atomic E-state index is 12.1. The molecule has 0 radical (unpaired) electrons. The predicted octanol–water partition coefficient (Wildman–Crippen LogP) is -6.50. The van der Waals surface area contributed by atoms with E-state index in [1.165, 1.54) is 24.3 Å². The van der Waals surface area contributed by atoms with Gasteiger partial charge in [0.1, 0.15) is 20.2 Å². The first kappa shape index (κ1) is 40.9. The van der Waals surface area contributed by atoms with E-state index in [2.05, 4.69) is 51.2 Å². The molecule has 0 unspecified atom stereocenters. The molecular weight excluding hydrogens is 694 g/mol. The van der Waals surface area contributed by atoms with Crippen molar-refractivity contribution >= 4 is 79.5 Å². The van der Waals surface area contributed by atoms with Crippen molar-refractivity contribution < 1.29 is 95.3 Å². The second kappa shape index (κ2) is 17.9. The molecule has 0 spiro atoms. The van der Waals surface area contributed by atoms with Gasteiger partial charge < -0.3 is 52.1 Å². The Morgan fingerprint density at radius 3 is 1.31 bits per heavy atom. The molecule has 0 saturated heterocycles. The first-order valence-electron chi connectivity index (χ1n) is 12.9. The van der Waals surface area contributed by atoms with Crippen molar-refractivity contribution in [2.24, 2.45) is 0 Å². The molecule has 0 aliphatic heterocycles. The van der Waals surface area contributed by atoms with Crippen LogP contribution in [0.5, 0.6) is 0 Å². The molecule has 24 heteroatoms. The number of nitrogens with two attached hydrogens (primary N) is 2. The van der Waals surface area contributed by atoms with Crippen LogP contribution < -0.4 is 91.8 Å². The van der Waals surface area contributed by atoms with E-state index in [1.807, 2.05) is 0 Å². The Bertz CT molecular complexity index is 1850. The van der Waals surface area contributed by atoms with Gasteiger partial charge in [0.2, 0.25) is 35.7 Å². The van der Waals surface area contributed by atoms with Gasteiger partial charge in [0.25, 0.3) is 0 Å². The molecule has 0 saturated carbocycles. The van der Waals surface area contributed by atoms with Crippen molar-refractivity contribution in [1.82, 2.24) is 29.9 Å². The van der Waals surface area contributed by atoms with Crippen LogP contribution in [0.1, 0.15) is 11.1 Å². The molecule has 4 rings (SSSR count). The van der Waals surface area contributed by atoms with Gasteiger partial charge in [0, 0.05) is 24.5 Å². The van der Waals surface area contributed by atoms with Crippen molar-refractivity contribution in [3.05, 3.63) is 47.5 Å².